The smallest absolute Gasteiger partial charge is 0.265 e. The van der Waals surface area contributed by atoms with Crippen molar-refractivity contribution in [3.8, 4) is 5.75 Å². The van der Waals surface area contributed by atoms with Gasteiger partial charge in [-0.2, -0.15) is 0 Å². The fourth-order valence-electron chi connectivity index (χ4n) is 3.08. The van der Waals surface area contributed by atoms with E-state index in [4.69, 9.17) is 15.2 Å². The van der Waals surface area contributed by atoms with Gasteiger partial charge in [0.1, 0.15) is 5.75 Å². The third-order valence-corrected chi connectivity index (χ3v) is 4.88. The molecule has 1 saturated heterocycles. The molecule has 8 heteroatoms. The Morgan fingerprint density at radius 3 is 2.77 bits per heavy atom. The van der Waals surface area contributed by atoms with Crippen molar-refractivity contribution in [2.45, 2.75) is 50.8 Å². The standard InChI is InChI=1S/C18H25N3O4.ClH/c1-3-14-16(22)21-13-5-4-12(10-15(13)25-14)11(2)20-17(23)18(19)6-8-24-9-7-18;/h4-5,10-11,14H,3,6-9,19H2,1-2H3,(H,20,23)(H,21,22);1H. The highest BCUT2D eigenvalue weighted by Crippen LogP contribution is 2.33. The van der Waals surface area contributed by atoms with Crippen molar-refractivity contribution in [1.29, 1.82) is 0 Å². The molecule has 144 valence electrons. The molecule has 1 aromatic rings. The number of hydrogen-bond acceptors (Lipinski definition) is 5. The minimum absolute atomic E-state index is 0. The molecule has 0 saturated carbocycles. The van der Waals surface area contributed by atoms with Crippen LogP contribution in [0.15, 0.2) is 18.2 Å². The van der Waals surface area contributed by atoms with Gasteiger partial charge < -0.3 is 25.8 Å². The van der Waals surface area contributed by atoms with E-state index in [-0.39, 0.29) is 30.3 Å². The van der Waals surface area contributed by atoms with Gasteiger partial charge in [-0.25, -0.2) is 0 Å². The van der Waals surface area contributed by atoms with Crippen molar-refractivity contribution in [3.63, 3.8) is 0 Å². The second-order valence-electron chi connectivity index (χ2n) is 6.72. The zero-order valence-corrected chi connectivity index (χ0v) is 15.9. The van der Waals surface area contributed by atoms with E-state index in [2.05, 4.69) is 10.6 Å². The van der Waals surface area contributed by atoms with E-state index in [0.29, 0.717) is 43.9 Å². The first-order valence-corrected chi connectivity index (χ1v) is 8.72. The molecule has 7 nitrogen and oxygen atoms in total. The third-order valence-electron chi connectivity index (χ3n) is 4.88. The van der Waals surface area contributed by atoms with Crippen molar-refractivity contribution in [1.82, 2.24) is 5.32 Å². The highest BCUT2D eigenvalue weighted by molar-refractivity contribution is 5.97. The van der Waals surface area contributed by atoms with E-state index >= 15 is 0 Å². The number of ether oxygens (including phenoxy) is 2. The van der Waals surface area contributed by atoms with Crippen LogP contribution in [0, 0.1) is 0 Å². The van der Waals surface area contributed by atoms with Gasteiger partial charge in [-0.1, -0.05) is 13.0 Å². The Balaban J connectivity index is 0.00000243. The summed E-state index contributed by atoms with van der Waals surface area (Å²) in [7, 11) is 0. The molecule has 1 fully saturated rings. The summed E-state index contributed by atoms with van der Waals surface area (Å²) in [5.41, 5.74) is 6.90. The van der Waals surface area contributed by atoms with Gasteiger partial charge in [-0.05, 0) is 43.9 Å². The van der Waals surface area contributed by atoms with E-state index < -0.39 is 11.6 Å². The largest absolute Gasteiger partial charge is 0.478 e. The summed E-state index contributed by atoms with van der Waals surface area (Å²) < 4.78 is 11.0. The average molecular weight is 384 g/mol. The maximum absolute atomic E-state index is 12.6. The molecule has 0 aliphatic carbocycles. The molecule has 2 aliphatic heterocycles. The molecule has 1 aromatic carbocycles. The first-order chi connectivity index (χ1) is 11.9. The lowest BCUT2D eigenvalue weighted by atomic mass is 9.90. The van der Waals surface area contributed by atoms with Crippen molar-refractivity contribution in [2.24, 2.45) is 5.73 Å². The molecular formula is C18H26ClN3O4. The number of amides is 2. The molecule has 2 amide bonds. The van der Waals surface area contributed by atoms with Crippen LogP contribution in [0.4, 0.5) is 5.69 Å². The minimum atomic E-state index is -0.876. The van der Waals surface area contributed by atoms with Crippen LogP contribution in [0.1, 0.15) is 44.7 Å². The van der Waals surface area contributed by atoms with Crippen molar-refractivity contribution in [2.75, 3.05) is 18.5 Å². The monoisotopic (exact) mass is 383 g/mol. The van der Waals surface area contributed by atoms with E-state index in [1.165, 1.54) is 0 Å². The molecule has 2 unspecified atom stereocenters. The fourth-order valence-corrected chi connectivity index (χ4v) is 3.08. The minimum Gasteiger partial charge on any atom is -0.478 e. The second kappa shape index (κ2) is 8.24. The fraction of sp³-hybridized carbons (Fsp3) is 0.556. The summed E-state index contributed by atoms with van der Waals surface area (Å²) in [5.74, 6) is 0.328. The van der Waals surface area contributed by atoms with Gasteiger partial charge in [-0.3, -0.25) is 9.59 Å². The van der Waals surface area contributed by atoms with Crippen LogP contribution in [0.2, 0.25) is 0 Å². The summed E-state index contributed by atoms with van der Waals surface area (Å²) in [6.07, 6.45) is 1.15. The number of hydrogen-bond donors (Lipinski definition) is 3. The SMILES string of the molecule is CCC1Oc2cc(C(C)NC(=O)C3(N)CCOCC3)ccc2NC1=O.Cl. The van der Waals surface area contributed by atoms with Crippen molar-refractivity contribution in [3.05, 3.63) is 23.8 Å². The Kier molecular flexibility index (Phi) is 6.49. The number of rotatable bonds is 4. The Bertz CT molecular complexity index is 676. The number of nitrogens with one attached hydrogen (secondary N) is 2. The molecule has 0 bridgehead atoms. The number of carbonyl (C=O) groups excluding carboxylic acids is 2. The Morgan fingerprint density at radius 2 is 2.12 bits per heavy atom. The first-order valence-electron chi connectivity index (χ1n) is 8.72. The third kappa shape index (κ3) is 4.11. The van der Waals surface area contributed by atoms with Gasteiger partial charge in [0.2, 0.25) is 5.91 Å². The molecule has 0 spiro atoms. The Hall–Kier alpha value is -1.83. The number of carbonyl (C=O) groups is 2. The number of anilines is 1. The highest BCUT2D eigenvalue weighted by atomic mass is 35.5. The summed E-state index contributed by atoms with van der Waals surface area (Å²) >= 11 is 0. The van der Waals surface area contributed by atoms with Gasteiger partial charge in [-0.15, -0.1) is 12.4 Å². The van der Waals surface area contributed by atoms with Crippen LogP contribution in [0.25, 0.3) is 0 Å². The molecule has 26 heavy (non-hydrogen) atoms. The van der Waals surface area contributed by atoms with E-state index in [9.17, 15) is 9.59 Å². The number of benzene rings is 1. The van der Waals surface area contributed by atoms with Gasteiger partial charge in [0, 0.05) is 13.2 Å². The molecule has 2 heterocycles. The molecule has 2 atom stereocenters. The van der Waals surface area contributed by atoms with Crippen LogP contribution >= 0.6 is 12.4 Å². The van der Waals surface area contributed by atoms with E-state index in [1.54, 1.807) is 6.07 Å². The zero-order valence-electron chi connectivity index (χ0n) is 15.0. The summed E-state index contributed by atoms with van der Waals surface area (Å²) in [6.45, 7) is 4.81. The Morgan fingerprint density at radius 1 is 1.42 bits per heavy atom. The van der Waals surface area contributed by atoms with E-state index in [0.717, 1.165) is 5.56 Å². The molecule has 0 aromatic heterocycles. The average Bonchev–Trinajstić information content (AvgIpc) is 2.61. The molecule has 2 aliphatic rings. The molecular weight excluding hydrogens is 358 g/mol. The lowest BCUT2D eigenvalue weighted by Crippen LogP contribution is -2.57. The zero-order chi connectivity index (χ0) is 18.0. The Labute approximate surface area is 159 Å². The van der Waals surface area contributed by atoms with Gasteiger partial charge in [0.15, 0.2) is 6.10 Å². The maximum atomic E-state index is 12.6. The van der Waals surface area contributed by atoms with Crippen LogP contribution in [0.5, 0.6) is 5.75 Å². The predicted molar refractivity (Wildman–Crippen MR) is 101 cm³/mol. The number of nitrogens with two attached hydrogens (primary N) is 1. The number of halogens is 1. The lowest BCUT2D eigenvalue weighted by Gasteiger charge is -2.33. The molecule has 3 rings (SSSR count). The lowest BCUT2D eigenvalue weighted by molar-refractivity contribution is -0.130. The van der Waals surface area contributed by atoms with E-state index in [1.807, 2.05) is 26.0 Å². The van der Waals surface area contributed by atoms with Crippen molar-refractivity contribution >= 4 is 29.9 Å². The second-order valence-corrected chi connectivity index (χ2v) is 6.72. The maximum Gasteiger partial charge on any atom is 0.265 e. The normalized spacial score (nSPS) is 22.1. The van der Waals surface area contributed by atoms with Crippen LogP contribution < -0.4 is 21.1 Å². The van der Waals surface area contributed by atoms with Crippen LogP contribution in [-0.2, 0) is 14.3 Å². The summed E-state index contributed by atoms with van der Waals surface area (Å²) in [5, 5.41) is 5.83. The summed E-state index contributed by atoms with van der Waals surface area (Å²) in [6, 6.07) is 5.30. The van der Waals surface area contributed by atoms with Crippen LogP contribution in [0.3, 0.4) is 0 Å². The number of fused-ring (bicyclic) bond motifs is 1. The quantitative estimate of drug-likeness (QED) is 0.736. The van der Waals surface area contributed by atoms with Crippen LogP contribution in [-0.4, -0.2) is 36.7 Å². The van der Waals surface area contributed by atoms with Gasteiger partial charge in [0.25, 0.3) is 5.91 Å². The predicted octanol–water partition coefficient (Wildman–Crippen LogP) is 1.90. The topological polar surface area (TPSA) is 103 Å². The molecule has 4 N–H and O–H groups in total. The van der Waals surface area contributed by atoms with Gasteiger partial charge >= 0.3 is 0 Å². The summed E-state index contributed by atoms with van der Waals surface area (Å²) in [4.78, 5) is 24.4. The molecule has 0 radical (unpaired) electrons. The first kappa shape index (κ1) is 20.5. The van der Waals surface area contributed by atoms with Gasteiger partial charge in [0.05, 0.1) is 17.3 Å². The van der Waals surface area contributed by atoms with Crippen molar-refractivity contribution < 1.29 is 19.1 Å². The highest BCUT2D eigenvalue weighted by Gasteiger charge is 2.36.